The predicted octanol–water partition coefficient (Wildman–Crippen LogP) is 2.06. The first-order chi connectivity index (χ1) is 7.77. The summed E-state index contributed by atoms with van der Waals surface area (Å²) in [5.41, 5.74) is 0.488. The van der Waals surface area contributed by atoms with Crippen LogP contribution < -0.4 is 10.6 Å². The van der Waals surface area contributed by atoms with Gasteiger partial charge in [0.1, 0.15) is 0 Å². The lowest BCUT2D eigenvalue weighted by atomic mass is 10.1. The van der Waals surface area contributed by atoms with Gasteiger partial charge in [-0.2, -0.15) is 0 Å². The van der Waals surface area contributed by atoms with Crippen molar-refractivity contribution >= 4 is 42.3 Å². The fraction of sp³-hybridized carbons (Fsp3) is 0.455. The van der Waals surface area contributed by atoms with E-state index in [1.165, 1.54) is 6.20 Å². The maximum Gasteiger partial charge on any atom is 0.253 e. The Morgan fingerprint density at radius 2 is 2.28 bits per heavy atom. The van der Waals surface area contributed by atoms with Crippen molar-refractivity contribution in [2.24, 2.45) is 0 Å². The monoisotopic (exact) mass is 311 g/mol. The van der Waals surface area contributed by atoms with Crippen molar-refractivity contribution in [3.63, 3.8) is 0 Å². The lowest BCUT2D eigenvalue weighted by Crippen LogP contribution is -2.45. The van der Waals surface area contributed by atoms with Crippen LogP contribution in [0.4, 0.5) is 0 Å². The number of hydrogen-bond donors (Lipinski definition) is 2. The van der Waals surface area contributed by atoms with Crippen LogP contribution in [0.1, 0.15) is 23.2 Å². The van der Waals surface area contributed by atoms with Crippen LogP contribution in [-0.2, 0) is 0 Å². The maximum absolute atomic E-state index is 11.9. The van der Waals surface area contributed by atoms with Crippen molar-refractivity contribution in [3.05, 3.63) is 29.0 Å². The molecule has 0 spiro atoms. The average Bonchev–Trinajstić information content (AvgIpc) is 2.31. The first-order valence-corrected chi connectivity index (χ1v) is 5.76. The van der Waals surface area contributed by atoms with Gasteiger partial charge in [-0.05, 0) is 25.5 Å². The molecule has 0 aromatic carbocycles. The summed E-state index contributed by atoms with van der Waals surface area (Å²) in [6, 6.07) is 1.83. The highest BCUT2D eigenvalue weighted by molar-refractivity contribution is 6.33. The molecule has 2 heterocycles. The number of nitrogens with zero attached hydrogens (tertiary/aromatic N) is 1. The zero-order valence-electron chi connectivity index (χ0n) is 9.69. The number of carbonyl (C=O) groups excluding carboxylic acids is 1. The molecular weight excluding hydrogens is 296 g/mol. The smallest absolute Gasteiger partial charge is 0.253 e. The molecule has 1 fully saturated rings. The van der Waals surface area contributed by atoms with Crippen molar-refractivity contribution in [2.75, 3.05) is 13.1 Å². The van der Waals surface area contributed by atoms with Crippen molar-refractivity contribution in [2.45, 2.75) is 18.9 Å². The van der Waals surface area contributed by atoms with Crippen molar-refractivity contribution in [1.82, 2.24) is 15.6 Å². The Bertz CT molecular complexity index is 384. The van der Waals surface area contributed by atoms with Gasteiger partial charge < -0.3 is 10.6 Å². The van der Waals surface area contributed by atoms with Gasteiger partial charge in [0.15, 0.2) is 0 Å². The van der Waals surface area contributed by atoms with Gasteiger partial charge >= 0.3 is 0 Å². The zero-order chi connectivity index (χ0) is 11.4. The van der Waals surface area contributed by atoms with Crippen molar-refractivity contribution < 1.29 is 4.79 Å². The third-order valence-electron chi connectivity index (χ3n) is 2.65. The summed E-state index contributed by atoms with van der Waals surface area (Å²) >= 11 is 5.90. The van der Waals surface area contributed by atoms with Crippen LogP contribution in [0.25, 0.3) is 0 Å². The van der Waals surface area contributed by atoms with E-state index in [1.54, 1.807) is 12.3 Å². The van der Waals surface area contributed by atoms with Gasteiger partial charge in [-0.3, -0.25) is 9.78 Å². The second-order valence-corrected chi connectivity index (χ2v) is 4.28. The molecule has 1 atom stereocenters. The lowest BCUT2D eigenvalue weighted by molar-refractivity contribution is 0.0930. The highest BCUT2D eigenvalue weighted by atomic mass is 35.5. The van der Waals surface area contributed by atoms with E-state index >= 15 is 0 Å². The number of piperidine rings is 1. The van der Waals surface area contributed by atoms with Crippen molar-refractivity contribution in [3.8, 4) is 0 Å². The van der Waals surface area contributed by atoms with Crippen LogP contribution in [0.5, 0.6) is 0 Å². The van der Waals surface area contributed by atoms with E-state index in [4.69, 9.17) is 11.6 Å². The van der Waals surface area contributed by atoms with Gasteiger partial charge in [0.2, 0.25) is 0 Å². The molecule has 1 amide bonds. The third kappa shape index (κ3) is 4.61. The average molecular weight is 313 g/mol. The van der Waals surface area contributed by atoms with E-state index in [-0.39, 0.29) is 36.8 Å². The summed E-state index contributed by atoms with van der Waals surface area (Å²) in [6.45, 7) is 1.86. The minimum Gasteiger partial charge on any atom is -0.348 e. The molecule has 1 aliphatic rings. The number of nitrogens with one attached hydrogen (secondary N) is 2. The molecule has 1 aliphatic heterocycles. The highest BCUT2D eigenvalue weighted by Gasteiger charge is 2.17. The Morgan fingerprint density at radius 3 is 2.89 bits per heavy atom. The van der Waals surface area contributed by atoms with E-state index in [2.05, 4.69) is 15.6 Å². The summed E-state index contributed by atoms with van der Waals surface area (Å²) in [5.74, 6) is -0.124. The lowest BCUT2D eigenvalue weighted by Gasteiger charge is -2.23. The van der Waals surface area contributed by atoms with Gasteiger partial charge in [-0.25, -0.2) is 0 Å². The zero-order valence-corrected chi connectivity index (χ0v) is 12.1. The first-order valence-electron chi connectivity index (χ1n) is 5.38. The van der Waals surface area contributed by atoms with Crippen LogP contribution in [-0.4, -0.2) is 30.0 Å². The van der Waals surface area contributed by atoms with E-state index < -0.39 is 0 Å². The molecule has 7 heteroatoms. The molecular formula is C11H16Cl3N3O. The Balaban J connectivity index is 0.00000144. The normalized spacial score (nSPS) is 18.2. The summed E-state index contributed by atoms with van der Waals surface area (Å²) in [5, 5.41) is 6.60. The summed E-state index contributed by atoms with van der Waals surface area (Å²) in [6.07, 6.45) is 5.16. The second-order valence-electron chi connectivity index (χ2n) is 3.87. The highest BCUT2D eigenvalue weighted by Crippen LogP contribution is 2.13. The van der Waals surface area contributed by atoms with Gasteiger partial charge in [-0.1, -0.05) is 11.6 Å². The minimum atomic E-state index is -0.124. The van der Waals surface area contributed by atoms with Crippen LogP contribution >= 0.6 is 36.4 Å². The van der Waals surface area contributed by atoms with Crippen LogP contribution in [0.3, 0.4) is 0 Å². The first kappa shape index (κ1) is 17.4. The van der Waals surface area contributed by atoms with Gasteiger partial charge in [0, 0.05) is 25.0 Å². The molecule has 1 aromatic rings. The fourth-order valence-corrected chi connectivity index (χ4v) is 2.00. The van der Waals surface area contributed by atoms with E-state index in [9.17, 15) is 4.79 Å². The molecule has 2 N–H and O–H groups in total. The fourth-order valence-electron chi connectivity index (χ4n) is 1.80. The number of hydrogen-bond acceptors (Lipinski definition) is 3. The number of carbonyl (C=O) groups is 1. The van der Waals surface area contributed by atoms with Gasteiger partial charge in [0.05, 0.1) is 10.6 Å². The SMILES string of the molecule is Cl.Cl.O=C(N[C@H]1CCCNC1)c1ccncc1Cl. The van der Waals surface area contributed by atoms with E-state index in [0.717, 1.165) is 25.9 Å². The summed E-state index contributed by atoms with van der Waals surface area (Å²) < 4.78 is 0. The molecule has 0 unspecified atom stereocenters. The Kier molecular flexibility index (Phi) is 8.27. The Labute approximate surface area is 124 Å². The molecule has 0 radical (unpaired) electrons. The number of amides is 1. The quantitative estimate of drug-likeness (QED) is 0.879. The molecule has 1 aromatic heterocycles. The van der Waals surface area contributed by atoms with E-state index in [0.29, 0.717) is 10.6 Å². The number of halogens is 3. The molecule has 18 heavy (non-hydrogen) atoms. The van der Waals surface area contributed by atoms with Crippen LogP contribution in [0, 0.1) is 0 Å². The molecule has 0 aliphatic carbocycles. The number of aromatic nitrogens is 1. The third-order valence-corrected chi connectivity index (χ3v) is 2.95. The molecule has 0 bridgehead atoms. The second kappa shape index (κ2) is 8.53. The van der Waals surface area contributed by atoms with Crippen LogP contribution in [0.15, 0.2) is 18.5 Å². The topological polar surface area (TPSA) is 54.0 Å². The predicted molar refractivity (Wildman–Crippen MR) is 77.1 cm³/mol. The molecule has 2 rings (SSSR count). The molecule has 4 nitrogen and oxygen atoms in total. The Morgan fingerprint density at radius 1 is 1.50 bits per heavy atom. The maximum atomic E-state index is 11.9. The van der Waals surface area contributed by atoms with Gasteiger partial charge in [0.25, 0.3) is 5.91 Å². The minimum absolute atomic E-state index is 0. The van der Waals surface area contributed by atoms with Gasteiger partial charge in [-0.15, -0.1) is 24.8 Å². The molecule has 0 saturated carbocycles. The molecule has 1 saturated heterocycles. The Hall–Kier alpha value is -0.550. The number of pyridine rings is 1. The molecule has 102 valence electrons. The number of rotatable bonds is 2. The van der Waals surface area contributed by atoms with E-state index in [1.807, 2.05) is 0 Å². The standard InChI is InChI=1S/C11H14ClN3O.2ClH/c12-10-7-14-5-3-9(10)11(16)15-8-2-1-4-13-6-8;;/h3,5,7-8,13H,1-2,4,6H2,(H,15,16);2*1H/t8-;;/m0../s1. The summed E-state index contributed by atoms with van der Waals surface area (Å²) in [4.78, 5) is 15.7. The summed E-state index contributed by atoms with van der Waals surface area (Å²) in [7, 11) is 0. The van der Waals surface area contributed by atoms with Crippen molar-refractivity contribution in [1.29, 1.82) is 0 Å². The largest absolute Gasteiger partial charge is 0.348 e. The van der Waals surface area contributed by atoms with Crippen LogP contribution in [0.2, 0.25) is 5.02 Å².